The van der Waals surface area contributed by atoms with E-state index in [1.54, 1.807) is 0 Å². The van der Waals surface area contributed by atoms with E-state index in [0.29, 0.717) is 17.8 Å². The maximum atomic E-state index is 13.3. The lowest BCUT2D eigenvalue weighted by molar-refractivity contribution is 0.401. The minimum absolute atomic E-state index is 0.268. The molecule has 0 amide bonds. The van der Waals surface area contributed by atoms with Gasteiger partial charge in [0.05, 0.1) is 0 Å². The Labute approximate surface area is 97.3 Å². The van der Waals surface area contributed by atoms with Crippen molar-refractivity contribution in [3.63, 3.8) is 0 Å². The number of phenols is 1. The van der Waals surface area contributed by atoms with Crippen LogP contribution in [0.15, 0.2) is 18.2 Å². The number of hydrogen-bond acceptors (Lipinski definition) is 1. The van der Waals surface area contributed by atoms with Crippen LogP contribution in [-0.4, -0.2) is 5.11 Å². The summed E-state index contributed by atoms with van der Waals surface area (Å²) in [5.41, 5.74) is 0.985. The largest absolute Gasteiger partial charge is 0.505 e. The Morgan fingerprint density at radius 2 is 1.81 bits per heavy atom. The molecule has 0 aliphatic carbocycles. The third kappa shape index (κ3) is 3.22. The second-order valence-corrected chi connectivity index (χ2v) is 5.19. The third-order valence-electron chi connectivity index (χ3n) is 2.93. The zero-order valence-corrected chi connectivity index (χ0v) is 10.5. The number of halogens is 1. The highest BCUT2D eigenvalue weighted by Crippen LogP contribution is 2.32. The standard InChI is InChI=1S/C14H21FO/c1-9(2)7-12(10(3)4)11-5-6-14(16)13(15)8-11/h5-6,8-10,12,16H,7H2,1-4H3. The first-order valence-corrected chi connectivity index (χ1v) is 5.90. The van der Waals surface area contributed by atoms with E-state index in [9.17, 15) is 9.50 Å². The molecule has 16 heavy (non-hydrogen) atoms. The lowest BCUT2D eigenvalue weighted by Crippen LogP contribution is -2.10. The van der Waals surface area contributed by atoms with E-state index in [4.69, 9.17) is 0 Å². The van der Waals surface area contributed by atoms with Gasteiger partial charge in [-0.1, -0.05) is 33.8 Å². The summed E-state index contributed by atoms with van der Waals surface area (Å²) >= 11 is 0. The van der Waals surface area contributed by atoms with E-state index in [-0.39, 0.29) is 5.75 Å². The molecule has 1 N–H and O–H groups in total. The van der Waals surface area contributed by atoms with Crippen LogP contribution in [0.3, 0.4) is 0 Å². The highest BCUT2D eigenvalue weighted by atomic mass is 19.1. The van der Waals surface area contributed by atoms with Crippen LogP contribution in [0.1, 0.15) is 45.6 Å². The van der Waals surface area contributed by atoms with Crippen molar-refractivity contribution in [3.8, 4) is 5.75 Å². The lowest BCUT2D eigenvalue weighted by atomic mass is 9.82. The quantitative estimate of drug-likeness (QED) is 0.807. The maximum Gasteiger partial charge on any atom is 0.165 e. The van der Waals surface area contributed by atoms with Gasteiger partial charge in [0.1, 0.15) is 0 Å². The molecule has 0 aliphatic heterocycles. The summed E-state index contributed by atoms with van der Waals surface area (Å²) in [6.45, 7) is 8.65. The first-order valence-electron chi connectivity index (χ1n) is 5.90. The summed E-state index contributed by atoms with van der Waals surface area (Å²) in [6.07, 6.45) is 1.04. The van der Waals surface area contributed by atoms with Crippen molar-refractivity contribution in [2.45, 2.75) is 40.0 Å². The molecule has 0 saturated carbocycles. The second kappa shape index (κ2) is 5.33. The first kappa shape index (κ1) is 13.0. The predicted octanol–water partition coefficient (Wildman–Crippen LogP) is 4.32. The highest BCUT2D eigenvalue weighted by Gasteiger charge is 2.18. The van der Waals surface area contributed by atoms with E-state index in [1.165, 1.54) is 12.1 Å². The van der Waals surface area contributed by atoms with Gasteiger partial charge in [-0.15, -0.1) is 0 Å². The van der Waals surface area contributed by atoms with E-state index >= 15 is 0 Å². The van der Waals surface area contributed by atoms with Crippen LogP contribution in [0, 0.1) is 17.7 Å². The summed E-state index contributed by atoms with van der Waals surface area (Å²) in [7, 11) is 0. The minimum Gasteiger partial charge on any atom is -0.505 e. The highest BCUT2D eigenvalue weighted by molar-refractivity contribution is 5.30. The molecule has 1 unspecified atom stereocenters. The average Bonchev–Trinajstić information content (AvgIpc) is 2.18. The molecule has 0 fully saturated rings. The van der Waals surface area contributed by atoms with Gasteiger partial charge in [-0.25, -0.2) is 4.39 Å². The molecule has 0 bridgehead atoms. The molecule has 0 radical (unpaired) electrons. The Bertz CT molecular complexity index is 345. The van der Waals surface area contributed by atoms with Crippen molar-refractivity contribution >= 4 is 0 Å². The summed E-state index contributed by atoms with van der Waals surface area (Å²) in [4.78, 5) is 0. The van der Waals surface area contributed by atoms with Gasteiger partial charge in [0.2, 0.25) is 0 Å². The molecule has 1 atom stereocenters. The fraction of sp³-hybridized carbons (Fsp3) is 0.571. The molecule has 1 aromatic carbocycles. The molecule has 0 aromatic heterocycles. The van der Waals surface area contributed by atoms with Gasteiger partial charge in [0.25, 0.3) is 0 Å². The zero-order chi connectivity index (χ0) is 12.3. The van der Waals surface area contributed by atoms with Gasteiger partial charge in [-0.2, -0.15) is 0 Å². The molecular formula is C14H21FO. The molecule has 1 rings (SSSR count). The monoisotopic (exact) mass is 224 g/mol. The van der Waals surface area contributed by atoms with E-state index < -0.39 is 5.82 Å². The van der Waals surface area contributed by atoms with E-state index in [1.807, 2.05) is 6.07 Å². The van der Waals surface area contributed by atoms with Crippen LogP contribution in [0.2, 0.25) is 0 Å². The Kier molecular flexibility index (Phi) is 4.34. The molecule has 0 heterocycles. The number of benzene rings is 1. The van der Waals surface area contributed by atoms with E-state index in [0.717, 1.165) is 12.0 Å². The molecule has 0 saturated heterocycles. The van der Waals surface area contributed by atoms with Gasteiger partial charge >= 0.3 is 0 Å². The Hall–Kier alpha value is -1.05. The van der Waals surface area contributed by atoms with Crippen LogP contribution < -0.4 is 0 Å². The number of phenolic OH excluding ortho intramolecular Hbond substituents is 1. The van der Waals surface area contributed by atoms with Crippen LogP contribution >= 0.6 is 0 Å². The predicted molar refractivity (Wildman–Crippen MR) is 65.1 cm³/mol. The summed E-state index contributed by atoms with van der Waals surface area (Å²) in [6, 6.07) is 4.73. The number of aromatic hydroxyl groups is 1. The fourth-order valence-electron chi connectivity index (χ4n) is 2.05. The van der Waals surface area contributed by atoms with Crippen LogP contribution in [0.25, 0.3) is 0 Å². The molecule has 1 aromatic rings. The molecule has 0 spiro atoms. The maximum absolute atomic E-state index is 13.3. The topological polar surface area (TPSA) is 20.2 Å². The Morgan fingerprint density at radius 1 is 1.19 bits per heavy atom. The summed E-state index contributed by atoms with van der Waals surface area (Å²) in [5.74, 6) is 0.633. The fourth-order valence-corrected chi connectivity index (χ4v) is 2.05. The van der Waals surface area contributed by atoms with Crippen molar-refractivity contribution in [1.29, 1.82) is 0 Å². The second-order valence-electron chi connectivity index (χ2n) is 5.19. The van der Waals surface area contributed by atoms with Gasteiger partial charge in [-0.3, -0.25) is 0 Å². The smallest absolute Gasteiger partial charge is 0.165 e. The van der Waals surface area contributed by atoms with E-state index in [2.05, 4.69) is 27.7 Å². The van der Waals surface area contributed by atoms with Crippen LogP contribution in [0.4, 0.5) is 4.39 Å². The Balaban J connectivity index is 2.97. The average molecular weight is 224 g/mol. The first-order chi connectivity index (χ1) is 7.41. The molecule has 0 aliphatic rings. The van der Waals surface area contributed by atoms with Crippen LogP contribution in [0.5, 0.6) is 5.75 Å². The van der Waals surface area contributed by atoms with Crippen molar-refractivity contribution in [1.82, 2.24) is 0 Å². The van der Waals surface area contributed by atoms with Gasteiger partial charge in [-0.05, 0) is 41.9 Å². The number of rotatable bonds is 4. The van der Waals surface area contributed by atoms with Crippen molar-refractivity contribution in [2.75, 3.05) is 0 Å². The molecular weight excluding hydrogens is 203 g/mol. The van der Waals surface area contributed by atoms with Crippen molar-refractivity contribution in [2.24, 2.45) is 11.8 Å². The molecule has 1 nitrogen and oxygen atoms in total. The normalized spacial score (nSPS) is 13.4. The van der Waals surface area contributed by atoms with Crippen LogP contribution in [-0.2, 0) is 0 Å². The lowest BCUT2D eigenvalue weighted by Gasteiger charge is -2.23. The van der Waals surface area contributed by atoms with Gasteiger partial charge in [0, 0.05) is 0 Å². The van der Waals surface area contributed by atoms with Gasteiger partial charge in [0.15, 0.2) is 11.6 Å². The van der Waals surface area contributed by atoms with Crippen molar-refractivity contribution < 1.29 is 9.50 Å². The molecule has 90 valence electrons. The molecule has 2 heteroatoms. The van der Waals surface area contributed by atoms with Gasteiger partial charge < -0.3 is 5.11 Å². The zero-order valence-electron chi connectivity index (χ0n) is 10.5. The Morgan fingerprint density at radius 3 is 2.25 bits per heavy atom. The summed E-state index contributed by atoms with van der Waals surface area (Å²) < 4.78 is 13.3. The SMILES string of the molecule is CC(C)CC(c1ccc(O)c(F)c1)C(C)C. The third-order valence-corrected chi connectivity index (χ3v) is 2.93. The minimum atomic E-state index is -0.521. The van der Waals surface area contributed by atoms with Crippen molar-refractivity contribution in [3.05, 3.63) is 29.6 Å². The number of hydrogen-bond donors (Lipinski definition) is 1. The summed E-state index contributed by atoms with van der Waals surface area (Å²) in [5, 5.41) is 9.17.